The molecule has 2 saturated heterocycles. The Balaban J connectivity index is 1.39. The van der Waals surface area contributed by atoms with Gasteiger partial charge in [0.2, 0.25) is 0 Å². The fourth-order valence-corrected chi connectivity index (χ4v) is 3.60. The summed E-state index contributed by atoms with van der Waals surface area (Å²) in [4.78, 5) is 9.36. The lowest BCUT2D eigenvalue weighted by atomic mass is 10.2. The molecule has 0 saturated carbocycles. The van der Waals surface area contributed by atoms with Crippen molar-refractivity contribution in [3.05, 3.63) is 30.1 Å². The van der Waals surface area contributed by atoms with Crippen molar-refractivity contribution in [1.29, 1.82) is 0 Å². The number of guanidine groups is 1. The first kappa shape index (κ1) is 20.9. The van der Waals surface area contributed by atoms with Crippen LogP contribution >= 0.6 is 0 Å². The minimum Gasteiger partial charge on any atom is -0.379 e. The Bertz CT molecular complexity index is 597. The summed E-state index contributed by atoms with van der Waals surface area (Å²) in [6, 6.07) is 6.74. The van der Waals surface area contributed by atoms with Crippen molar-refractivity contribution in [2.24, 2.45) is 4.99 Å². The van der Waals surface area contributed by atoms with Crippen molar-refractivity contribution in [1.82, 2.24) is 10.2 Å². The third kappa shape index (κ3) is 6.34. The highest BCUT2D eigenvalue weighted by molar-refractivity contribution is 5.80. The summed E-state index contributed by atoms with van der Waals surface area (Å²) < 4.78 is 24.4. The van der Waals surface area contributed by atoms with Gasteiger partial charge in [0, 0.05) is 58.2 Å². The van der Waals surface area contributed by atoms with Gasteiger partial charge in [-0.1, -0.05) is 0 Å². The average molecular weight is 393 g/mol. The molecule has 3 rings (SSSR count). The molecule has 2 aliphatic rings. The van der Waals surface area contributed by atoms with Crippen LogP contribution in [0.3, 0.4) is 0 Å². The first-order chi connectivity index (χ1) is 13.8. The molecule has 0 bridgehead atoms. The van der Waals surface area contributed by atoms with Gasteiger partial charge in [0.05, 0.1) is 12.7 Å². The van der Waals surface area contributed by atoms with Crippen LogP contribution in [0.25, 0.3) is 0 Å². The first-order valence-corrected chi connectivity index (χ1v) is 10.5. The normalized spacial score (nSPS) is 20.6. The Labute approximate surface area is 167 Å². The number of halogens is 1. The summed E-state index contributed by atoms with van der Waals surface area (Å²) in [6.45, 7) is 9.61. The van der Waals surface area contributed by atoms with Gasteiger partial charge in [-0.15, -0.1) is 0 Å². The lowest BCUT2D eigenvalue weighted by molar-refractivity contribution is 0.0170. The van der Waals surface area contributed by atoms with Crippen LogP contribution in [0.4, 0.5) is 10.1 Å². The van der Waals surface area contributed by atoms with Gasteiger partial charge in [-0.25, -0.2) is 4.39 Å². The van der Waals surface area contributed by atoms with Gasteiger partial charge in [-0.3, -0.25) is 4.99 Å². The molecule has 0 aliphatic carbocycles. The number of anilines is 1. The average Bonchev–Trinajstić information content (AvgIpc) is 3.24. The van der Waals surface area contributed by atoms with Crippen LogP contribution in [0.5, 0.6) is 0 Å². The quantitative estimate of drug-likeness (QED) is 0.419. The molecule has 2 aliphatic heterocycles. The van der Waals surface area contributed by atoms with Gasteiger partial charge in [-0.05, 0) is 50.5 Å². The molecule has 7 heteroatoms. The minimum atomic E-state index is -0.191. The lowest BCUT2D eigenvalue weighted by Crippen LogP contribution is -2.52. The van der Waals surface area contributed by atoms with Crippen LogP contribution < -0.4 is 10.2 Å². The Kier molecular flexibility index (Phi) is 8.36. The van der Waals surface area contributed by atoms with Gasteiger partial charge in [-0.2, -0.15) is 0 Å². The van der Waals surface area contributed by atoms with Crippen molar-refractivity contribution in [2.45, 2.75) is 32.3 Å². The Morgan fingerprint density at radius 3 is 2.71 bits per heavy atom. The zero-order chi connectivity index (χ0) is 19.6. The molecule has 0 spiro atoms. The van der Waals surface area contributed by atoms with Gasteiger partial charge in [0.1, 0.15) is 5.82 Å². The van der Waals surface area contributed by atoms with Crippen LogP contribution in [0, 0.1) is 5.82 Å². The zero-order valence-electron chi connectivity index (χ0n) is 16.9. The molecule has 1 aromatic rings. The van der Waals surface area contributed by atoms with E-state index in [4.69, 9.17) is 14.5 Å². The van der Waals surface area contributed by atoms with E-state index in [2.05, 4.69) is 22.0 Å². The van der Waals surface area contributed by atoms with E-state index in [0.29, 0.717) is 12.7 Å². The summed E-state index contributed by atoms with van der Waals surface area (Å²) in [6.07, 6.45) is 3.47. The van der Waals surface area contributed by atoms with Gasteiger partial charge >= 0.3 is 0 Å². The second kappa shape index (κ2) is 11.2. The number of benzene rings is 1. The Morgan fingerprint density at radius 1 is 1.25 bits per heavy atom. The number of nitrogens with zero attached hydrogens (tertiary/aromatic N) is 3. The molecule has 0 aromatic heterocycles. The number of ether oxygens (including phenoxy) is 2. The third-order valence-corrected chi connectivity index (χ3v) is 5.14. The number of piperazine rings is 1. The van der Waals surface area contributed by atoms with Crippen LogP contribution in [0.2, 0.25) is 0 Å². The van der Waals surface area contributed by atoms with Crippen LogP contribution in [0.1, 0.15) is 26.2 Å². The maximum Gasteiger partial charge on any atom is 0.194 e. The second-order valence-corrected chi connectivity index (χ2v) is 7.25. The number of hydrogen-bond donors (Lipinski definition) is 1. The standard InChI is InChI=1S/C21H33FN4O2/c1-2-23-21(24-10-4-15-27-17-20-5-3-16-28-20)26-13-11-25(12-14-26)19-8-6-18(22)7-9-19/h6-9,20H,2-5,10-17H2,1H3,(H,23,24). The molecule has 1 aromatic carbocycles. The monoisotopic (exact) mass is 392 g/mol. The van der Waals surface area contributed by atoms with E-state index < -0.39 is 0 Å². The number of hydrogen-bond acceptors (Lipinski definition) is 4. The maximum atomic E-state index is 13.1. The van der Waals surface area contributed by atoms with Crippen LogP contribution in [-0.4, -0.2) is 76.1 Å². The predicted molar refractivity (Wildman–Crippen MR) is 111 cm³/mol. The zero-order valence-corrected chi connectivity index (χ0v) is 16.9. The van der Waals surface area contributed by atoms with Gasteiger partial charge < -0.3 is 24.6 Å². The molecule has 2 fully saturated rings. The van der Waals surface area contributed by atoms with E-state index in [0.717, 1.165) is 83.4 Å². The summed E-state index contributed by atoms with van der Waals surface area (Å²) >= 11 is 0. The highest BCUT2D eigenvalue weighted by Crippen LogP contribution is 2.17. The van der Waals surface area contributed by atoms with Crippen LogP contribution in [0.15, 0.2) is 29.3 Å². The highest BCUT2D eigenvalue weighted by atomic mass is 19.1. The van der Waals surface area contributed by atoms with Crippen LogP contribution in [-0.2, 0) is 9.47 Å². The Hall–Kier alpha value is -1.86. The molecule has 0 radical (unpaired) electrons. The number of nitrogens with one attached hydrogen (secondary N) is 1. The van der Waals surface area contributed by atoms with Crippen molar-refractivity contribution in [3.63, 3.8) is 0 Å². The molecule has 1 N–H and O–H groups in total. The Morgan fingerprint density at radius 2 is 2.04 bits per heavy atom. The number of rotatable bonds is 8. The maximum absolute atomic E-state index is 13.1. The molecule has 0 amide bonds. The molecule has 2 heterocycles. The largest absolute Gasteiger partial charge is 0.379 e. The fraction of sp³-hybridized carbons (Fsp3) is 0.667. The fourth-order valence-electron chi connectivity index (χ4n) is 3.60. The third-order valence-electron chi connectivity index (χ3n) is 5.14. The van der Waals surface area contributed by atoms with E-state index in [1.54, 1.807) is 0 Å². The summed E-state index contributed by atoms with van der Waals surface area (Å²) in [5.74, 6) is 0.782. The molecule has 1 atom stereocenters. The van der Waals surface area contributed by atoms with Gasteiger partial charge in [0.15, 0.2) is 5.96 Å². The SMILES string of the molecule is CCNC(=NCCCOCC1CCCO1)N1CCN(c2ccc(F)cc2)CC1. The van der Waals surface area contributed by atoms with Crippen molar-refractivity contribution in [2.75, 3.05) is 64.0 Å². The molecular weight excluding hydrogens is 359 g/mol. The van der Waals surface area contributed by atoms with E-state index >= 15 is 0 Å². The predicted octanol–water partition coefficient (Wildman–Crippen LogP) is 2.50. The summed E-state index contributed by atoms with van der Waals surface area (Å²) in [5.41, 5.74) is 1.08. The van der Waals surface area contributed by atoms with E-state index in [1.165, 1.54) is 12.1 Å². The smallest absolute Gasteiger partial charge is 0.194 e. The van der Waals surface area contributed by atoms with Crippen molar-refractivity contribution < 1.29 is 13.9 Å². The molecule has 28 heavy (non-hydrogen) atoms. The second-order valence-electron chi connectivity index (χ2n) is 7.25. The molecule has 1 unspecified atom stereocenters. The van der Waals surface area contributed by atoms with Crippen molar-refractivity contribution in [3.8, 4) is 0 Å². The molecular formula is C21H33FN4O2. The highest BCUT2D eigenvalue weighted by Gasteiger charge is 2.20. The minimum absolute atomic E-state index is 0.191. The van der Waals surface area contributed by atoms with Crippen molar-refractivity contribution >= 4 is 11.6 Å². The summed E-state index contributed by atoms with van der Waals surface area (Å²) in [5, 5.41) is 3.40. The number of aliphatic imine (C=N–C) groups is 1. The van der Waals surface area contributed by atoms with E-state index in [1.807, 2.05) is 12.1 Å². The van der Waals surface area contributed by atoms with E-state index in [9.17, 15) is 4.39 Å². The van der Waals surface area contributed by atoms with E-state index in [-0.39, 0.29) is 5.82 Å². The molecule has 6 nitrogen and oxygen atoms in total. The molecule has 156 valence electrons. The topological polar surface area (TPSA) is 49.3 Å². The first-order valence-electron chi connectivity index (χ1n) is 10.5. The van der Waals surface area contributed by atoms with Gasteiger partial charge in [0.25, 0.3) is 0 Å². The lowest BCUT2D eigenvalue weighted by Gasteiger charge is -2.37. The summed E-state index contributed by atoms with van der Waals surface area (Å²) in [7, 11) is 0.